The van der Waals surface area contributed by atoms with E-state index in [9.17, 15) is 4.79 Å². The zero-order valence-corrected chi connectivity index (χ0v) is 16.9. The van der Waals surface area contributed by atoms with Gasteiger partial charge in [-0.25, -0.2) is 0 Å². The molecule has 0 saturated carbocycles. The molecule has 0 aliphatic carbocycles. The number of hydrogen-bond donors (Lipinski definition) is 0. The first kappa shape index (κ1) is 22.5. The molecule has 1 aromatic carbocycles. The summed E-state index contributed by atoms with van der Waals surface area (Å²) in [4.78, 5) is 11.8. The van der Waals surface area contributed by atoms with E-state index in [1.165, 1.54) is 77.0 Å². The summed E-state index contributed by atoms with van der Waals surface area (Å²) in [6, 6.07) is 9.73. The number of carbonyl (C=O) groups excluding carboxylic acids is 1. The Morgan fingerprint density at radius 1 is 0.692 bits per heavy atom. The van der Waals surface area contributed by atoms with Gasteiger partial charge in [-0.1, -0.05) is 115 Å². The molecule has 0 saturated heterocycles. The van der Waals surface area contributed by atoms with Crippen LogP contribution in [0.4, 0.5) is 0 Å². The van der Waals surface area contributed by atoms with E-state index in [1.807, 2.05) is 30.3 Å². The molecular weight excluding hydrogens is 316 g/mol. The molecule has 0 aromatic heterocycles. The summed E-state index contributed by atoms with van der Waals surface area (Å²) in [5.41, 5.74) is 0.918. The standard InChI is InChI=1S/C25H38O/c1-2-3-4-5-6-7-8-9-10-11-12-13-14-18-21-25(26)23-22-24-19-16-15-17-20-24/h15-17,19-20H,2-14,18,21H2,1H3. The van der Waals surface area contributed by atoms with Crippen molar-refractivity contribution < 1.29 is 4.79 Å². The van der Waals surface area contributed by atoms with Crippen LogP contribution < -0.4 is 0 Å². The Kier molecular flexibility index (Phi) is 14.6. The van der Waals surface area contributed by atoms with Gasteiger partial charge in [0.15, 0.2) is 0 Å². The lowest BCUT2D eigenvalue weighted by molar-refractivity contribution is -0.113. The van der Waals surface area contributed by atoms with Gasteiger partial charge in [0, 0.05) is 12.0 Å². The fourth-order valence-corrected chi connectivity index (χ4v) is 3.21. The van der Waals surface area contributed by atoms with Gasteiger partial charge in [-0.15, -0.1) is 0 Å². The molecular formula is C25H38O. The summed E-state index contributed by atoms with van der Waals surface area (Å²) in [7, 11) is 0. The molecule has 0 N–H and O–H groups in total. The number of Topliss-reactive ketones (excluding diaryl/α,β-unsaturated/α-hetero) is 1. The molecule has 1 nitrogen and oxygen atoms in total. The molecule has 0 unspecified atom stereocenters. The molecule has 0 amide bonds. The highest BCUT2D eigenvalue weighted by Crippen LogP contribution is 2.13. The number of hydrogen-bond acceptors (Lipinski definition) is 1. The van der Waals surface area contributed by atoms with Gasteiger partial charge in [-0.3, -0.25) is 4.79 Å². The first-order chi connectivity index (χ1) is 12.8. The van der Waals surface area contributed by atoms with Crippen LogP contribution >= 0.6 is 0 Å². The third-order valence-corrected chi connectivity index (χ3v) is 4.88. The van der Waals surface area contributed by atoms with Gasteiger partial charge in [0.1, 0.15) is 0 Å². The van der Waals surface area contributed by atoms with Crippen molar-refractivity contribution >= 4 is 5.78 Å². The Morgan fingerprint density at radius 3 is 1.65 bits per heavy atom. The van der Waals surface area contributed by atoms with Crippen molar-refractivity contribution in [1.82, 2.24) is 0 Å². The van der Waals surface area contributed by atoms with E-state index >= 15 is 0 Å². The van der Waals surface area contributed by atoms with Crippen molar-refractivity contribution in [2.75, 3.05) is 0 Å². The Hall–Kier alpha value is -1.55. The Labute approximate surface area is 162 Å². The quantitative estimate of drug-likeness (QED) is 0.236. The average Bonchev–Trinajstić information content (AvgIpc) is 2.67. The van der Waals surface area contributed by atoms with Gasteiger partial charge < -0.3 is 0 Å². The monoisotopic (exact) mass is 354 g/mol. The van der Waals surface area contributed by atoms with E-state index in [4.69, 9.17) is 0 Å². The van der Waals surface area contributed by atoms with Gasteiger partial charge in [-0.05, 0) is 24.5 Å². The number of ketones is 1. The third-order valence-electron chi connectivity index (χ3n) is 4.88. The summed E-state index contributed by atoms with van der Waals surface area (Å²) in [5, 5.41) is 0. The van der Waals surface area contributed by atoms with Gasteiger partial charge >= 0.3 is 0 Å². The van der Waals surface area contributed by atoms with Gasteiger partial charge in [0.25, 0.3) is 0 Å². The lowest BCUT2D eigenvalue weighted by Gasteiger charge is -2.02. The van der Waals surface area contributed by atoms with Crippen molar-refractivity contribution in [2.45, 2.75) is 103 Å². The Bertz CT molecular complexity index is 506. The third kappa shape index (κ3) is 13.7. The number of carbonyl (C=O) groups is 1. The van der Waals surface area contributed by atoms with Crippen molar-refractivity contribution in [3.8, 4) is 11.8 Å². The minimum absolute atomic E-state index is 0.0767. The van der Waals surface area contributed by atoms with E-state index in [0.717, 1.165) is 18.4 Å². The van der Waals surface area contributed by atoms with E-state index in [2.05, 4.69) is 18.8 Å². The molecule has 1 heteroatoms. The largest absolute Gasteiger partial charge is 0.285 e. The van der Waals surface area contributed by atoms with E-state index in [1.54, 1.807) is 0 Å². The minimum atomic E-state index is 0.0767. The van der Waals surface area contributed by atoms with Crippen LogP contribution in [0.1, 0.15) is 109 Å². The van der Waals surface area contributed by atoms with E-state index in [0.29, 0.717) is 6.42 Å². The number of unbranched alkanes of at least 4 members (excludes halogenated alkanes) is 13. The summed E-state index contributed by atoms with van der Waals surface area (Å²) >= 11 is 0. The minimum Gasteiger partial charge on any atom is -0.285 e. The van der Waals surface area contributed by atoms with Gasteiger partial charge in [0.2, 0.25) is 5.78 Å². The zero-order valence-electron chi connectivity index (χ0n) is 16.9. The van der Waals surface area contributed by atoms with Gasteiger partial charge in [0.05, 0.1) is 0 Å². The second kappa shape index (κ2) is 16.9. The maximum absolute atomic E-state index is 11.8. The van der Waals surface area contributed by atoms with Crippen LogP contribution in [-0.4, -0.2) is 5.78 Å². The second-order valence-corrected chi connectivity index (χ2v) is 7.39. The number of rotatable bonds is 15. The normalized spacial score (nSPS) is 10.3. The fraction of sp³-hybridized carbons (Fsp3) is 0.640. The van der Waals surface area contributed by atoms with Crippen molar-refractivity contribution in [3.63, 3.8) is 0 Å². The smallest absolute Gasteiger partial charge is 0.205 e. The summed E-state index contributed by atoms with van der Waals surface area (Å²) in [6.45, 7) is 2.28. The molecule has 1 rings (SSSR count). The highest BCUT2D eigenvalue weighted by molar-refractivity contribution is 5.95. The highest BCUT2D eigenvalue weighted by Gasteiger charge is 1.98. The van der Waals surface area contributed by atoms with E-state index in [-0.39, 0.29) is 5.78 Å². The van der Waals surface area contributed by atoms with E-state index < -0.39 is 0 Å². The van der Waals surface area contributed by atoms with Crippen LogP contribution in [0.3, 0.4) is 0 Å². The molecule has 0 spiro atoms. The molecule has 0 aliphatic heterocycles. The predicted molar refractivity (Wildman–Crippen MR) is 113 cm³/mol. The molecule has 0 atom stereocenters. The summed E-state index contributed by atoms with van der Waals surface area (Å²) < 4.78 is 0. The molecule has 0 aliphatic rings. The Morgan fingerprint density at radius 2 is 1.15 bits per heavy atom. The second-order valence-electron chi connectivity index (χ2n) is 7.39. The van der Waals surface area contributed by atoms with Gasteiger partial charge in [-0.2, -0.15) is 0 Å². The first-order valence-corrected chi connectivity index (χ1v) is 10.9. The average molecular weight is 355 g/mol. The highest BCUT2D eigenvalue weighted by atomic mass is 16.1. The van der Waals surface area contributed by atoms with Crippen molar-refractivity contribution in [3.05, 3.63) is 35.9 Å². The fourth-order valence-electron chi connectivity index (χ4n) is 3.21. The lowest BCUT2D eigenvalue weighted by atomic mass is 10.0. The molecule has 26 heavy (non-hydrogen) atoms. The number of benzene rings is 1. The summed E-state index contributed by atoms with van der Waals surface area (Å²) in [5.74, 6) is 5.78. The molecule has 0 heterocycles. The first-order valence-electron chi connectivity index (χ1n) is 10.9. The van der Waals surface area contributed by atoms with Crippen molar-refractivity contribution in [1.29, 1.82) is 0 Å². The maximum atomic E-state index is 11.8. The lowest BCUT2D eigenvalue weighted by Crippen LogP contribution is -1.93. The SMILES string of the molecule is CCCCCCCCCCCCCCCCC(=O)C#Cc1ccccc1. The maximum Gasteiger partial charge on any atom is 0.205 e. The van der Waals surface area contributed by atoms with Crippen LogP contribution in [0, 0.1) is 11.8 Å². The zero-order chi connectivity index (χ0) is 18.7. The van der Waals surface area contributed by atoms with Crippen LogP contribution in [0.5, 0.6) is 0 Å². The Balaban J connectivity index is 1.85. The molecule has 0 radical (unpaired) electrons. The van der Waals surface area contributed by atoms with Crippen LogP contribution in [0.25, 0.3) is 0 Å². The topological polar surface area (TPSA) is 17.1 Å². The molecule has 1 aromatic rings. The van der Waals surface area contributed by atoms with Crippen LogP contribution in [0.15, 0.2) is 30.3 Å². The molecule has 0 fully saturated rings. The van der Waals surface area contributed by atoms with Crippen molar-refractivity contribution in [2.24, 2.45) is 0 Å². The van der Waals surface area contributed by atoms with Crippen LogP contribution in [-0.2, 0) is 4.79 Å². The predicted octanol–water partition coefficient (Wildman–Crippen LogP) is 7.48. The summed E-state index contributed by atoms with van der Waals surface area (Å²) in [6.07, 6.45) is 19.4. The van der Waals surface area contributed by atoms with Crippen LogP contribution in [0.2, 0.25) is 0 Å². The molecule has 0 bridgehead atoms. The molecule has 144 valence electrons.